The van der Waals surface area contributed by atoms with Crippen molar-refractivity contribution < 1.29 is 4.42 Å². The van der Waals surface area contributed by atoms with Crippen molar-refractivity contribution in [2.75, 3.05) is 0 Å². The maximum atomic E-state index is 5.54. The van der Waals surface area contributed by atoms with Gasteiger partial charge in [-0.25, -0.2) is 4.98 Å². The van der Waals surface area contributed by atoms with Crippen LogP contribution in [0.15, 0.2) is 102 Å². The van der Waals surface area contributed by atoms with E-state index in [0.29, 0.717) is 0 Å². The second-order valence-corrected chi connectivity index (χ2v) is 10.1. The molecule has 0 spiro atoms. The average Bonchev–Trinajstić information content (AvgIpc) is 3.55. The Morgan fingerprint density at radius 1 is 0.771 bits per heavy atom. The molecule has 0 bridgehead atoms. The molecular weight excluding hydrogens is 428 g/mol. The van der Waals surface area contributed by atoms with Crippen LogP contribution in [-0.4, -0.2) is 9.55 Å². The second kappa shape index (κ2) is 6.39. The predicted molar refractivity (Wildman–Crippen MR) is 143 cm³/mol. The van der Waals surface area contributed by atoms with E-state index in [1.807, 2.05) is 6.07 Å². The SMILES string of the molecule is CC1(C)c2ccccc2-c2c1ccc1ccc3c4ccccc4n(-c4ccc5ocnc5c4)c3c21. The minimum Gasteiger partial charge on any atom is -0.443 e. The van der Waals surface area contributed by atoms with Crippen LogP contribution in [0.4, 0.5) is 0 Å². The highest BCUT2D eigenvalue weighted by Gasteiger charge is 2.36. The highest BCUT2D eigenvalue weighted by Crippen LogP contribution is 2.53. The first-order valence-electron chi connectivity index (χ1n) is 12.1. The Morgan fingerprint density at radius 3 is 2.54 bits per heavy atom. The van der Waals surface area contributed by atoms with Crippen molar-refractivity contribution in [1.82, 2.24) is 9.55 Å². The van der Waals surface area contributed by atoms with Crippen LogP contribution in [0.5, 0.6) is 0 Å². The van der Waals surface area contributed by atoms with E-state index in [2.05, 4.69) is 108 Å². The molecule has 0 radical (unpaired) electrons. The van der Waals surface area contributed by atoms with E-state index in [4.69, 9.17) is 4.42 Å². The molecule has 2 heterocycles. The Labute approximate surface area is 202 Å². The number of rotatable bonds is 1. The highest BCUT2D eigenvalue weighted by molar-refractivity contribution is 6.23. The number of aromatic nitrogens is 2. The molecule has 0 saturated heterocycles. The summed E-state index contributed by atoms with van der Waals surface area (Å²) >= 11 is 0. The maximum Gasteiger partial charge on any atom is 0.181 e. The van der Waals surface area contributed by atoms with Gasteiger partial charge in [-0.2, -0.15) is 0 Å². The van der Waals surface area contributed by atoms with Crippen molar-refractivity contribution in [2.45, 2.75) is 19.3 Å². The van der Waals surface area contributed by atoms with Crippen LogP contribution in [-0.2, 0) is 5.41 Å². The Morgan fingerprint density at radius 2 is 1.60 bits per heavy atom. The summed E-state index contributed by atoms with van der Waals surface area (Å²) in [5.41, 5.74) is 10.6. The fourth-order valence-corrected chi connectivity index (χ4v) is 6.31. The lowest BCUT2D eigenvalue weighted by Gasteiger charge is -2.21. The van der Waals surface area contributed by atoms with Crippen LogP contribution in [0.3, 0.4) is 0 Å². The molecule has 0 unspecified atom stereocenters. The van der Waals surface area contributed by atoms with Crippen molar-refractivity contribution in [3.05, 3.63) is 109 Å². The molecule has 0 N–H and O–H groups in total. The molecule has 35 heavy (non-hydrogen) atoms. The van der Waals surface area contributed by atoms with E-state index >= 15 is 0 Å². The molecule has 3 heteroatoms. The second-order valence-electron chi connectivity index (χ2n) is 10.1. The fourth-order valence-electron chi connectivity index (χ4n) is 6.31. The van der Waals surface area contributed by atoms with Crippen molar-refractivity contribution >= 4 is 43.7 Å². The lowest BCUT2D eigenvalue weighted by molar-refractivity contribution is 0.602. The molecule has 0 saturated carbocycles. The minimum absolute atomic E-state index is 0.0429. The topological polar surface area (TPSA) is 31.0 Å². The third kappa shape index (κ3) is 2.33. The third-order valence-corrected chi connectivity index (χ3v) is 7.93. The maximum absolute atomic E-state index is 5.54. The van der Waals surface area contributed by atoms with E-state index < -0.39 is 0 Å². The van der Waals surface area contributed by atoms with Crippen LogP contribution in [0.2, 0.25) is 0 Å². The van der Waals surface area contributed by atoms with Crippen LogP contribution >= 0.6 is 0 Å². The Bertz CT molecular complexity index is 1990. The van der Waals surface area contributed by atoms with Crippen LogP contribution in [0, 0.1) is 0 Å². The molecule has 7 aromatic rings. The lowest BCUT2D eigenvalue weighted by Crippen LogP contribution is -2.14. The summed E-state index contributed by atoms with van der Waals surface area (Å²) in [5.74, 6) is 0. The van der Waals surface area contributed by atoms with Crippen molar-refractivity contribution in [1.29, 1.82) is 0 Å². The molecular formula is C32H22N2O. The van der Waals surface area contributed by atoms with Gasteiger partial charge in [-0.15, -0.1) is 0 Å². The van der Waals surface area contributed by atoms with Gasteiger partial charge in [-0.3, -0.25) is 0 Å². The normalized spacial score (nSPS) is 14.2. The standard InChI is InChI=1S/C32H22N2O/c1-32(2)24-9-5-3-8-23(24)30-25(32)15-12-19-11-14-22-21-7-4-6-10-27(21)34(31(22)29(19)30)20-13-16-28-26(17-20)33-18-35-28/h3-18H,1-2H3. The Balaban J connectivity index is 1.63. The highest BCUT2D eigenvalue weighted by atomic mass is 16.3. The molecule has 1 aliphatic rings. The minimum atomic E-state index is -0.0429. The number of fused-ring (bicyclic) bond motifs is 10. The van der Waals surface area contributed by atoms with E-state index in [9.17, 15) is 0 Å². The van der Waals surface area contributed by atoms with Gasteiger partial charge in [0.2, 0.25) is 0 Å². The van der Waals surface area contributed by atoms with Gasteiger partial charge in [0.15, 0.2) is 12.0 Å². The number of hydrogen-bond acceptors (Lipinski definition) is 2. The fraction of sp³-hybridized carbons (Fsp3) is 0.0938. The first-order valence-corrected chi connectivity index (χ1v) is 12.1. The van der Waals surface area contributed by atoms with E-state index in [1.165, 1.54) is 61.2 Å². The van der Waals surface area contributed by atoms with Crippen LogP contribution < -0.4 is 0 Å². The summed E-state index contributed by atoms with van der Waals surface area (Å²) in [5, 5.41) is 5.10. The molecule has 0 atom stereocenters. The van der Waals surface area contributed by atoms with Gasteiger partial charge >= 0.3 is 0 Å². The van der Waals surface area contributed by atoms with Gasteiger partial charge in [0.1, 0.15) is 5.52 Å². The molecule has 3 nitrogen and oxygen atoms in total. The van der Waals surface area contributed by atoms with E-state index in [0.717, 1.165) is 16.8 Å². The van der Waals surface area contributed by atoms with Crippen molar-refractivity contribution in [2.24, 2.45) is 0 Å². The zero-order valence-corrected chi connectivity index (χ0v) is 19.5. The van der Waals surface area contributed by atoms with Crippen molar-refractivity contribution in [3.8, 4) is 16.8 Å². The van der Waals surface area contributed by atoms with E-state index in [1.54, 1.807) is 0 Å². The van der Waals surface area contributed by atoms with Crippen LogP contribution in [0.1, 0.15) is 25.0 Å². The van der Waals surface area contributed by atoms with Gasteiger partial charge in [-0.1, -0.05) is 80.6 Å². The first kappa shape index (κ1) is 19.0. The number of para-hydroxylation sites is 1. The van der Waals surface area contributed by atoms with Gasteiger partial charge in [0.05, 0.1) is 11.0 Å². The number of hydrogen-bond donors (Lipinski definition) is 0. The molecule has 2 aromatic heterocycles. The molecule has 8 rings (SSSR count). The third-order valence-electron chi connectivity index (χ3n) is 7.93. The summed E-state index contributed by atoms with van der Waals surface area (Å²) in [4.78, 5) is 4.44. The average molecular weight is 451 g/mol. The van der Waals surface area contributed by atoms with Gasteiger partial charge in [0, 0.05) is 27.3 Å². The van der Waals surface area contributed by atoms with Crippen LogP contribution in [0.25, 0.3) is 60.5 Å². The monoisotopic (exact) mass is 450 g/mol. The summed E-state index contributed by atoms with van der Waals surface area (Å²) in [6.45, 7) is 4.69. The Kier molecular flexibility index (Phi) is 3.47. The molecule has 0 amide bonds. The first-order chi connectivity index (χ1) is 17.1. The van der Waals surface area contributed by atoms with Gasteiger partial charge in [0.25, 0.3) is 0 Å². The molecule has 0 aliphatic heterocycles. The summed E-state index contributed by atoms with van der Waals surface area (Å²) in [6, 6.07) is 33.1. The molecule has 1 aliphatic carbocycles. The zero-order valence-electron chi connectivity index (χ0n) is 19.5. The molecule has 166 valence electrons. The summed E-state index contributed by atoms with van der Waals surface area (Å²) < 4.78 is 7.95. The predicted octanol–water partition coefficient (Wildman–Crippen LogP) is 8.38. The molecule has 0 fully saturated rings. The number of benzene rings is 5. The molecule has 5 aromatic carbocycles. The quantitative estimate of drug-likeness (QED) is 0.251. The smallest absolute Gasteiger partial charge is 0.181 e. The lowest BCUT2D eigenvalue weighted by atomic mass is 9.82. The van der Waals surface area contributed by atoms with Gasteiger partial charge < -0.3 is 8.98 Å². The zero-order chi connectivity index (χ0) is 23.3. The summed E-state index contributed by atoms with van der Waals surface area (Å²) in [6.07, 6.45) is 1.52. The largest absolute Gasteiger partial charge is 0.443 e. The van der Waals surface area contributed by atoms with E-state index in [-0.39, 0.29) is 5.41 Å². The van der Waals surface area contributed by atoms with Gasteiger partial charge in [-0.05, 0) is 51.9 Å². The Hall–Kier alpha value is -4.37. The number of oxazole rings is 1. The number of nitrogens with zero attached hydrogens (tertiary/aromatic N) is 2. The summed E-state index contributed by atoms with van der Waals surface area (Å²) in [7, 11) is 0. The van der Waals surface area contributed by atoms with Crippen molar-refractivity contribution in [3.63, 3.8) is 0 Å².